The average molecular weight is 370 g/mol. The molecular weight excluding hydrogens is 326 g/mol. The summed E-state index contributed by atoms with van der Waals surface area (Å²) in [4.78, 5) is 0. The number of rotatable bonds is 14. The van der Waals surface area contributed by atoms with Gasteiger partial charge in [0.15, 0.2) is 0 Å². The van der Waals surface area contributed by atoms with E-state index in [4.69, 9.17) is 10.8 Å². The van der Waals surface area contributed by atoms with E-state index in [-0.39, 0.29) is 12.7 Å². The lowest BCUT2D eigenvalue weighted by atomic mass is 9.93. The summed E-state index contributed by atoms with van der Waals surface area (Å²) in [7, 11) is 0. The molecule has 0 saturated carbocycles. The molecule has 0 aromatic rings. The second kappa shape index (κ2) is 14.4. The summed E-state index contributed by atoms with van der Waals surface area (Å²) >= 11 is 0. The van der Waals surface area contributed by atoms with Crippen LogP contribution in [-0.4, -0.2) is 40.2 Å². The summed E-state index contributed by atoms with van der Waals surface area (Å²) < 4.78 is 0. The maximum atomic E-state index is 10.2. The van der Waals surface area contributed by atoms with E-state index in [1.54, 1.807) is 0 Å². The zero-order valence-corrected chi connectivity index (χ0v) is 17.6. The molecule has 0 rings (SSSR count). The summed E-state index contributed by atoms with van der Waals surface area (Å²) in [6.07, 6.45) is 10.2. The van der Waals surface area contributed by atoms with Gasteiger partial charge in [-0.2, -0.15) is 0 Å². The molecule has 0 heterocycles. The van der Waals surface area contributed by atoms with E-state index in [9.17, 15) is 10.2 Å². The molecule has 0 radical (unpaired) electrons. The van der Waals surface area contributed by atoms with Gasteiger partial charge >= 0.3 is 0 Å². The lowest BCUT2D eigenvalue weighted by Gasteiger charge is -2.20. The average Bonchev–Trinajstić information content (AvgIpc) is 2.58. The van der Waals surface area contributed by atoms with Crippen LogP contribution in [0.3, 0.4) is 0 Å². The Morgan fingerprint density at radius 2 is 1.65 bits per heavy atom. The first-order valence-corrected chi connectivity index (χ1v) is 10.2. The van der Waals surface area contributed by atoms with Crippen molar-refractivity contribution in [1.82, 2.24) is 0 Å². The Morgan fingerprint density at radius 3 is 2.23 bits per heavy atom. The van der Waals surface area contributed by atoms with Crippen molar-refractivity contribution in [2.24, 2.45) is 17.6 Å². The van der Waals surface area contributed by atoms with Gasteiger partial charge in [0.1, 0.15) is 0 Å². The van der Waals surface area contributed by atoms with Crippen LogP contribution in [0.15, 0.2) is 23.3 Å². The minimum absolute atomic E-state index is 0.172. The maximum Gasteiger partial charge on any atom is 0.0716 e. The third-order valence-corrected chi connectivity index (χ3v) is 5.16. The number of nitrogens with two attached hydrogens (primary N) is 1. The second-order valence-electron chi connectivity index (χ2n) is 8.34. The highest BCUT2D eigenvalue weighted by molar-refractivity contribution is 4.98. The fraction of sp³-hybridized carbons (Fsp3) is 0.818. The molecule has 0 aliphatic heterocycles. The minimum Gasteiger partial charge on any atom is -0.395 e. The maximum absolute atomic E-state index is 10.2. The summed E-state index contributed by atoms with van der Waals surface area (Å²) in [5.74, 6) is 0.715. The van der Waals surface area contributed by atoms with Crippen LogP contribution < -0.4 is 5.73 Å². The Balaban J connectivity index is 3.99. The summed E-state index contributed by atoms with van der Waals surface area (Å²) in [6, 6.07) is -0.538. The van der Waals surface area contributed by atoms with Gasteiger partial charge in [-0.05, 0) is 77.6 Å². The molecule has 0 bridgehead atoms. The van der Waals surface area contributed by atoms with Crippen LogP contribution in [-0.2, 0) is 0 Å². The zero-order valence-electron chi connectivity index (χ0n) is 17.6. The molecule has 0 fully saturated rings. The summed E-state index contributed by atoms with van der Waals surface area (Å²) in [5, 5.41) is 29.0. The summed E-state index contributed by atoms with van der Waals surface area (Å²) in [5.41, 5.74) is 8.30. The number of allylic oxidation sites excluding steroid dienone is 3. The van der Waals surface area contributed by atoms with Crippen molar-refractivity contribution in [2.45, 2.75) is 97.8 Å². The monoisotopic (exact) mass is 369 g/mol. The Morgan fingerprint density at radius 1 is 1.00 bits per heavy atom. The van der Waals surface area contributed by atoms with Crippen molar-refractivity contribution in [1.29, 1.82) is 0 Å². The highest BCUT2D eigenvalue weighted by Gasteiger charge is 2.16. The van der Waals surface area contributed by atoms with Crippen molar-refractivity contribution < 1.29 is 15.3 Å². The van der Waals surface area contributed by atoms with Crippen LogP contribution in [0.25, 0.3) is 0 Å². The number of aliphatic hydroxyl groups is 3. The molecule has 4 heteroatoms. The van der Waals surface area contributed by atoms with Gasteiger partial charge in [-0.25, -0.2) is 0 Å². The molecular formula is C22H43NO3. The van der Waals surface area contributed by atoms with Crippen LogP contribution in [0.1, 0.15) is 79.6 Å². The van der Waals surface area contributed by atoms with Crippen LogP contribution in [0.4, 0.5) is 0 Å². The van der Waals surface area contributed by atoms with Gasteiger partial charge in [-0.3, -0.25) is 0 Å². The van der Waals surface area contributed by atoms with Crippen molar-refractivity contribution in [3.8, 4) is 0 Å². The first kappa shape index (κ1) is 25.3. The quantitative estimate of drug-likeness (QED) is 0.349. The largest absolute Gasteiger partial charge is 0.395 e. The van der Waals surface area contributed by atoms with E-state index in [0.717, 1.165) is 38.5 Å². The van der Waals surface area contributed by atoms with Gasteiger partial charge in [-0.1, -0.05) is 37.1 Å². The van der Waals surface area contributed by atoms with E-state index in [0.29, 0.717) is 18.3 Å². The zero-order chi connectivity index (χ0) is 20.1. The van der Waals surface area contributed by atoms with Gasteiger partial charge in [0.2, 0.25) is 0 Å². The Kier molecular flexibility index (Phi) is 14.0. The predicted molar refractivity (Wildman–Crippen MR) is 111 cm³/mol. The van der Waals surface area contributed by atoms with Crippen molar-refractivity contribution in [2.75, 3.05) is 6.61 Å². The second-order valence-corrected chi connectivity index (χ2v) is 8.34. The number of hydrogen-bond acceptors (Lipinski definition) is 4. The summed E-state index contributed by atoms with van der Waals surface area (Å²) in [6.45, 7) is 10.4. The predicted octanol–water partition coefficient (Wildman–Crippen LogP) is 3.94. The number of hydrogen-bond donors (Lipinski definition) is 4. The minimum atomic E-state index is -0.626. The third-order valence-electron chi connectivity index (χ3n) is 5.16. The normalized spacial score (nSPS) is 18.1. The third kappa shape index (κ3) is 12.6. The molecule has 0 spiro atoms. The van der Waals surface area contributed by atoms with E-state index < -0.39 is 12.1 Å². The lowest BCUT2D eigenvalue weighted by Crippen LogP contribution is -2.38. The van der Waals surface area contributed by atoms with Gasteiger partial charge in [-0.15, -0.1) is 0 Å². The molecule has 26 heavy (non-hydrogen) atoms. The van der Waals surface area contributed by atoms with Crippen LogP contribution in [0, 0.1) is 11.8 Å². The molecule has 4 nitrogen and oxygen atoms in total. The highest BCUT2D eigenvalue weighted by atomic mass is 16.3. The first-order valence-electron chi connectivity index (χ1n) is 10.2. The molecule has 0 aromatic heterocycles. The van der Waals surface area contributed by atoms with Gasteiger partial charge in [0, 0.05) is 0 Å². The molecule has 0 aliphatic rings. The fourth-order valence-corrected chi connectivity index (χ4v) is 3.03. The topological polar surface area (TPSA) is 86.7 Å². The first-order chi connectivity index (χ1) is 12.2. The molecule has 5 atom stereocenters. The lowest BCUT2D eigenvalue weighted by molar-refractivity contribution is 0.0876. The van der Waals surface area contributed by atoms with E-state index in [1.165, 1.54) is 11.1 Å². The van der Waals surface area contributed by atoms with Gasteiger partial charge in [0.05, 0.1) is 24.9 Å². The van der Waals surface area contributed by atoms with E-state index in [2.05, 4.69) is 46.8 Å². The molecule has 154 valence electrons. The van der Waals surface area contributed by atoms with Gasteiger partial charge in [0.25, 0.3) is 0 Å². The number of aliphatic hydroxyl groups excluding tert-OH is 3. The van der Waals surface area contributed by atoms with Crippen LogP contribution in [0.5, 0.6) is 0 Å². The molecule has 0 aliphatic carbocycles. The smallest absolute Gasteiger partial charge is 0.0716 e. The van der Waals surface area contributed by atoms with Crippen LogP contribution in [0.2, 0.25) is 0 Å². The molecule has 5 N–H and O–H groups in total. The molecule has 0 aromatic carbocycles. The van der Waals surface area contributed by atoms with Crippen LogP contribution >= 0.6 is 0 Å². The van der Waals surface area contributed by atoms with E-state index >= 15 is 0 Å². The van der Waals surface area contributed by atoms with Crippen molar-refractivity contribution in [3.05, 3.63) is 23.3 Å². The Labute approximate surface area is 161 Å². The Hall–Kier alpha value is -0.680. The van der Waals surface area contributed by atoms with Gasteiger partial charge < -0.3 is 21.1 Å². The van der Waals surface area contributed by atoms with Crippen molar-refractivity contribution >= 4 is 0 Å². The SMILES string of the molecule is CC(C)=CCC(O)C(C)CCC/C(C)=C/CCC(C)CC(O)[C@@H](N)CO. The highest BCUT2D eigenvalue weighted by Crippen LogP contribution is 2.20. The Bertz CT molecular complexity index is 416. The molecule has 0 amide bonds. The molecule has 4 unspecified atom stereocenters. The fourth-order valence-electron chi connectivity index (χ4n) is 3.03. The van der Waals surface area contributed by atoms with Crippen molar-refractivity contribution in [3.63, 3.8) is 0 Å². The van der Waals surface area contributed by atoms with E-state index in [1.807, 2.05) is 0 Å². The molecule has 0 saturated heterocycles. The standard InChI is InChI=1S/C22H43NO3/c1-16(2)12-13-21(25)19(5)11-7-9-17(3)8-6-10-18(4)14-22(26)20(23)15-24/h8,12,18-22,24-26H,6-7,9-11,13-15,23H2,1-5H3/b17-8+/t18?,19?,20-,21?,22?/m0/s1.